The molecule has 24 heavy (non-hydrogen) atoms. The number of thioether (sulfide) groups is 1. The molecule has 2 aliphatic rings. The number of nitrogens with zero attached hydrogens (tertiary/aromatic N) is 1. The van der Waals surface area contributed by atoms with Gasteiger partial charge in [0.1, 0.15) is 6.54 Å². The Morgan fingerprint density at radius 3 is 2.83 bits per heavy atom. The molecule has 7 nitrogen and oxygen atoms in total. The summed E-state index contributed by atoms with van der Waals surface area (Å²) in [5.41, 5.74) is 0. The maximum atomic E-state index is 12.3. The van der Waals surface area contributed by atoms with E-state index in [0.717, 1.165) is 21.5 Å². The monoisotopic (exact) mass is 386 g/mol. The summed E-state index contributed by atoms with van der Waals surface area (Å²) < 4.78 is 22.8. The molecule has 0 aliphatic carbocycles. The van der Waals surface area contributed by atoms with Gasteiger partial charge in [-0.1, -0.05) is 6.07 Å². The van der Waals surface area contributed by atoms with Gasteiger partial charge in [-0.2, -0.15) is 0 Å². The Balaban J connectivity index is 1.62. The van der Waals surface area contributed by atoms with E-state index in [1.54, 1.807) is 6.08 Å². The van der Waals surface area contributed by atoms with Gasteiger partial charge >= 0.3 is 0 Å². The van der Waals surface area contributed by atoms with Gasteiger partial charge in [0.2, 0.25) is 5.91 Å². The van der Waals surface area contributed by atoms with Gasteiger partial charge in [-0.15, -0.1) is 11.3 Å². The summed E-state index contributed by atoms with van der Waals surface area (Å²) in [6.07, 6.45) is 1.98. The lowest BCUT2D eigenvalue weighted by Gasteiger charge is -2.15. The Kier molecular flexibility index (Phi) is 4.79. The average molecular weight is 386 g/mol. The van der Waals surface area contributed by atoms with Crippen molar-refractivity contribution in [2.24, 2.45) is 0 Å². The van der Waals surface area contributed by atoms with E-state index in [9.17, 15) is 22.8 Å². The Morgan fingerprint density at radius 1 is 1.42 bits per heavy atom. The van der Waals surface area contributed by atoms with Crippen molar-refractivity contribution in [3.05, 3.63) is 27.3 Å². The van der Waals surface area contributed by atoms with Gasteiger partial charge in [-0.25, -0.2) is 8.42 Å². The normalized spacial score (nSPS) is 24.8. The molecule has 3 heterocycles. The van der Waals surface area contributed by atoms with E-state index in [1.165, 1.54) is 11.3 Å². The molecule has 0 spiro atoms. The van der Waals surface area contributed by atoms with Crippen molar-refractivity contribution in [2.75, 3.05) is 18.1 Å². The predicted octanol–water partition coefficient (Wildman–Crippen LogP) is 1.09. The van der Waals surface area contributed by atoms with Crippen molar-refractivity contribution in [1.29, 1.82) is 0 Å². The van der Waals surface area contributed by atoms with Gasteiger partial charge < -0.3 is 5.32 Å². The second-order valence-electron chi connectivity index (χ2n) is 5.45. The third-order valence-corrected chi connectivity index (χ3v) is 7.08. The van der Waals surface area contributed by atoms with Crippen LogP contribution in [-0.2, 0) is 19.4 Å². The lowest BCUT2D eigenvalue weighted by atomic mass is 10.2. The number of hydrogen-bond acceptors (Lipinski definition) is 7. The van der Waals surface area contributed by atoms with Crippen molar-refractivity contribution in [1.82, 2.24) is 10.2 Å². The summed E-state index contributed by atoms with van der Waals surface area (Å²) in [5, 5.41) is 3.93. The molecule has 2 aliphatic heterocycles. The first kappa shape index (κ1) is 17.2. The van der Waals surface area contributed by atoms with E-state index in [4.69, 9.17) is 0 Å². The van der Waals surface area contributed by atoms with Crippen LogP contribution in [0.1, 0.15) is 11.3 Å². The number of hydrogen-bond donors (Lipinski definition) is 1. The topological polar surface area (TPSA) is 101 Å². The summed E-state index contributed by atoms with van der Waals surface area (Å²) in [6, 6.07) is 3.21. The zero-order chi connectivity index (χ0) is 17.3. The number of nitrogens with one attached hydrogen (secondary N) is 1. The smallest absolute Gasteiger partial charge is 0.294 e. The van der Waals surface area contributed by atoms with Gasteiger partial charge in [0.15, 0.2) is 9.84 Å². The number of rotatable bonds is 4. The molecule has 0 radical (unpaired) electrons. The van der Waals surface area contributed by atoms with Crippen molar-refractivity contribution in [3.63, 3.8) is 0 Å². The molecule has 3 amide bonds. The lowest BCUT2D eigenvalue weighted by Crippen LogP contribution is -2.43. The van der Waals surface area contributed by atoms with Crippen LogP contribution in [0.25, 0.3) is 6.08 Å². The second-order valence-corrected chi connectivity index (χ2v) is 9.65. The van der Waals surface area contributed by atoms with Crippen molar-refractivity contribution < 1.29 is 22.8 Å². The van der Waals surface area contributed by atoms with Crippen LogP contribution in [0, 0.1) is 0 Å². The maximum Gasteiger partial charge on any atom is 0.294 e. The van der Waals surface area contributed by atoms with Crippen LogP contribution >= 0.6 is 23.1 Å². The summed E-state index contributed by atoms with van der Waals surface area (Å²) in [5.74, 6) is -1.09. The number of carbonyl (C=O) groups excluding carboxylic acids is 3. The number of sulfone groups is 1. The standard InChI is InChI=1S/C14H14N2O5S3/c17-12(15-9-3-5-24(20,21)8-9)7-16-13(18)11(23-14(16)19)6-10-2-1-4-22-10/h1-2,4,6,9H,3,5,7-8H2,(H,15,17). The van der Waals surface area contributed by atoms with Crippen LogP contribution < -0.4 is 5.32 Å². The Labute approximate surface area is 147 Å². The fraction of sp³-hybridized carbons (Fsp3) is 0.357. The minimum Gasteiger partial charge on any atom is -0.351 e. The molecule has 0 aromatic carbocycles. The first-order valence-corrected chi connectivity index (χ1v) is 10.6. The third-order valence-electron chi connectivity index (χ3n) is 3.59. The average Bonchev–Trinajstić information content (AvgIpc) is 3.17. The van der Waals surface area contributed by atoms with Crippen LogP contribution in [0.4, 0.5) is 4.79 Å². The highest BCUT2D eigenvalue weighted by atomic mass is 32.2. The minimum atomic E-state index is -3.10. The molecule has 0 saturated carbocycles. The highest BCUT2D eigenvalue weighted by Crippen LogP contribution is 2.32. The summed E-state index contributed by atoms with van der Waals surface area (Å²) >= 11 is 2.24. The number of amides is 3. The van der Waals surface area contributed by atoms with E-state index >= 15 is 0 Å². The summed E-state index contributed by atoms with van der Waals surface area (Å²) in [6.45, 7) is -0.400. The molecular formula is C14H14N2O5S3. The molecule has 0 bridgehead atoms. The predicted molar refractivity (Wildman–Crippen MR) is 92.2 cm³/mol. The largest absolute Gasteiger partial charge is 0.351 e. The Morgan fingerprint density at radius 2 is 2.21 bits per heavy atom. The summed E-state index contributed by atoms with van der Waals surface area (Å²) in [7, 11) is -3.10. The Bertz CT molecular complexity index is 813. The molecule has 1 unspecified atom stereocenters. The van der Waals surface area contributed by atoms with E-state index < -0.39 is 39.5 Å². The van der Waals surface area contributed by atoms with Crippen LogP contribution in [0.3, 0.4) is 0 Å². The quantitative estimate of drug-likeness (QED) is 0.778. The molecule has 1 aromatic rings. The Hall–Kier alpha value is -1.65. The van der Waals surface area contributed by atoms with Gasteiger partial charge in [0.05, 0.1) is 16.4 Å². The fourth-order valence-corrected chi connectivity index (χ4v) is 5.70. The van der Waals surface area contributed by atoms with Crippen molar-refractivity contribution in [3.8, 4) is 0 Å². The molecule has 2 fully saturated rings. The van der Waals surface area contributed by atoms with Crippen LogP contribution in [0.15, 0.2) is 22.4 Å². The molecule has 10 heteroatoms. The molecule has 3 rings (SSSR count). The lowest BCUT2D eigenvalue weighted by molar-refractivity contribution is -0.129. The molecule has 2 saturated heterocycles. The first-order chi connectivity index (χ1) is 11.3. The number of imide groups is 1. The highest BCUT2D eigenvalue weighted by Gasteiger charge is 2.37. The third kappa shape index (κ3) is 3.87. The van der Waals surface area contributed by atoms with Crippen LogP contribution in [0.5, 0.6) is 0 Å². The van der Waals surface area contributed by atoms with Crippen LogP contribution in [0.2, 0.25) is 0 Å². The van der Waals surface area contributed by atoms with Gasteiger partial charge in [0, 0.05) is 10.9 Å². The second kappa shape index (κ2) is 6.69. The highest BCUT2D eigenvalue weighted by molar-refractivity contribution is 8.18. The van der Waals surface area contributed by atoms with Gasteiger partial charge in [-0.3, -0.25) is 19.3 Å². The van der Waals surface area contributed by atoms with Crippen LogP contribution in [-0.4, -0.2) is 54.5 Å². The summed E-state index contributed by atoms with van der Waals surface area (Å²) in [4.78, 5) is 38.2. The van der Waals surface area contributed by atoms with E-state index in [0.29, 0.717) is 6.42 Å². The molecule has 1 N–H and O–H groups in total. The zero-order valence-corrected chi connectivity index (χ0v) is 14.9. The maximum absolute atomic E-state index is 12.3. The SMILES string of the molecule is O=C(CN1C(=O)SC(=Cc2cccs2)C1=O)NC1CCS(=O)(=O)C1. The fourth-order valence-electron chi connectivity index (χ4n) is 2.46. The van der Waals surface area contributed by atoms with Gasteiger partial charge in [-0.05, 0) is 35.7 Å². The molecule has 1 aromatic heterocycles. The minimum absolute atomic E-state index is 0.0447. The van der Waals surface area contributed by atoms with Gasteiger partial charge in [0.25, 0.3) is 11.1 Å². The van der Waals surface area contributed by atoms with E-state index in [1.807, 2.05) is 17.5 Å². The van der Waals surface area contributed by atoms with E-state index in [2.05, 4.69) is 5.32 Å². The van der Waals surface area contributed by atoms with E-state index in [-0.39, 0.29) is 16.4 Å². The number of carbonyl (C=O) groups is 3. The molecule has 128 valence electrons. The molecular weight excluding hydrogens is 372 g/mol. The number of thiophene rings is 1. The first-order valence-electron chi connectivity index (χ1n) is 7.13. The van der Waals surface area contributed by atoms with Crippen molar-refractivity contribution >= 4 is 56.1 Å². The zero-order valence-electron chi connectivity index (χ0n) is 12.4. The van der Waals surface area contributed by atoms with Crippen molar-refractivity contribution in [2.45, 2.75) is 12.5 Å². The molecule has 1 atom stereocenters.